The minimum Gasteiger partial charge on any atom is -0.313 e. The lowest BCUT2D eigenvalue weighted by Crippen LogP contribution is -2.34. The summed E-state index contributed by atoms with van der Waals surface area (Å²) in [6, 6.07) is 0.565. The van der Waals surface area contributed by atoms with Gasteiger partial charge in [-0.3, -0.25) is 0 Å². The van der Waals surface area contributed by atoms with Crippen molar-refractivity contribution >= 4 is 0 Å². The van der Waals surface area contributed by atoms with Crippen molar-refractivity contribution in [3.05, 3.63) is 11.8 Å². The molecule has 0 aliphatic carbocycles. The summed E-state index contributed by atoms with van der Waals surface area (Å²) in [6.45, 7) is 12.3. The summed E-state index contributed by atoms with van der Waals surface area (Å²) < 4.78 is 0. The molecule has 1 aliphatic heterocycles. The molecule has 1 rings (SSSR count). The Balaban J connectivity index is 0. The van der Waals surface area contributed by atoms with Crippen molar-refractivity contribution < 1.29 is 0 Å². The van der Waals surface area contributed by atoms with Crippen LogP contribution in [0.4, 0.5) is 0 Å². The molecule has 0 aromatic heterocycles. The highest BCUT2D eigenvalue weighted by Crippen LogP contribution is 2.16. The fourth-order valence-electron chi connectivity index (χ4n) is 1.09. The van der Waals surface area contributed by atoms with E-state index in [-0.39, 0.29) is 0 Å². The van der Waals surface area contributed by atoms with Crippen molar-refractivity contribution in [3.63, 3.8) is 0 Å². The number of nitrogens with zero attached hydrogens (tertiary/aromatic N) is 2. The van der Waals surface area contributed by atoms with Gasteiger partial charge in [-0.2, -0.15) is 0 Å². The average molecular weight is 186 g/mol. The molecule has 1 heterocycles. The van der Waals surface area contributed by atoms with E-state index < -0.39 is 0 Å². The lowest BCUT2D eigenvalue weighted by molar-refractivity contribution is 0.0693. The first kappa shape index (κ1) is 15.0. The van der Waals surface area contributed by atoms with Gasteiger partial charge in [0.1, 0.15) is 0 Å². The Kier molecular flexibility index (Phi) is 9.36. The standard InChI is InChI=1S/C7H14N2.2C2H6/c1-6-5-7(2)9(4)8(6)3;2*1-2/h5-6H,1-4H3;2*1-2H3. The van der Waals surface area contributed by atoms with Gasteiger partial charge < -0.3 is 5.01 Å². The first-order chi connectivity index (χ1) is 6.13. The lowest BCUT2D eigenvalue weighted by Gasteiger charge is -2.26. The van der Waals surface area contributed by atoms with Crippen molar-refractivity contribution in [1.82, 2.24) is 10.0 Å². The number of allylic oxidation sites excluding steroid dienone is 1. The third-order valence-corrected chi connectivity index (χ3v) is 2.06. The van der Waals surface area contributed by atoms with E-state index in [0.29, 0.717) is 6.04 Å². The highest BCUT2D eigenvalue weighted by Gasteiger charge is 2.18. The zero-order valence-corrected chi connectivity index (χ0v) is 10.5. The molecule has 0 bridgehead atoms. The first-order valence-corrected chi connectivity index (χ1v) is 5.28. The average Bonchev–Trinajstić information content (AvgIpc) is 2.40. The van der Waals surface area contributed by atoms with E-state index in [0.717, 1.165) is 0 Å². The molecule has 1 aliphatic rings. The second-order valence-electron chi connectivity index (χ2n) is 2.65. The van der Waals surface area contributed by atoms with Crippen LogP contribution in [0.3, 0.4) is 0 Å². The number of hydrogen-bond acceptors (Lipinski definition) is 2. The fourth-order valence-corrected chi connectivity index (χ4v) is 1.09. The Morgan fingerprint density at radius 2 is 1.46 bits per heavy atom. The number of likely N-dealkylation sites (N-methyl/N-ethyl adjacent to an activating group) is 1. The van der Waals surface area contributed by atoms with Gasteiger partial charge in [0.2, 0.25) is 0 Å². The second kappa shape index (κ2) is 8.11. The highest BCUT2D eigenvalue weighted by molar-refractivity contribution is 5.06. The van der Waals surface area contributed by atoms with Crippen LogP contribution in [0.2, 0.25) is 0 Å². The summed E-state index contributed by atoms with van der Waals surface area (Å²) in [5, 5.41) is 4.36. The molecule has 1 unspecified atom stereocenters. The smallest absolute Gasteiger partial charge is 0.0461 e. The van der Waals surface area contributed by atoms with E-state index in [1.165, 1.54) is 5.70 Å². The van der Waals surface area contributed by atoms with Gasteiger partial charge >= 0.3 is 0 Å². The zero-order valence-electron chi connectivity index (χ0n) is 10.5. The Morgan fingerprint density at radius 1 is 1.08 bits per heavy atom. The summed E-state index contributed by atoms with van der Waals surface area (Å²) in [6.07, 6.45) is 2.25. The third-order valence-electron chi connectivity index (χ3n) is 2.06. The van der Waals surface area contributed by atoms with Crippen LogP contribution in [-0.2, 0) is 0 Å². The molecule has 0 spiro atoms. The SMILES string of the molecule is CC.CC.CC1=CC(C)N(C)N1C. The van der Waals surface area contributed by atoms with E-state index in [1.54, 1.807) is 0 Å². The second-order valence-corrected chi connectivity index (χ2v) is 2.65. The maximum atomic E-state index is 2.25. The maximum absolute atomic E-state index is 2.25. The van der Waals surface area contributed by atoms with Crippen LogP contribution in [0.15, 0.2) is 11.8 Å². The predicted octanol–water partition coefficient (Wildman–Crippen LogP) is 3.12. The summed E-state index contributed by atoms with van der Waals surface area (Å²) >= 11 is 0. The zero-order chi connectivity index (χ0) is 11.0. The molecule has 0 aromatic rings. The molecule has 0 saturated heterocycles. The molecular weight excluding hydrogens is 160 g/mol. The first-order valence-electron chi connectivity index (χ1n) is 5.28. The van der Waals surface area contributed by atoms with Gasteiger partial charge in [-0.05, 0) is 19.9 Å². The van der Waals surface area contributed by atoms with Crippen molar-refractivity contribution in [3.8, 4) is 0 Å². The normalized spacial score (nSPS) is 21.1. The summed E-state index contributed by atoms with van der Waals surface area (Å²) in [4.78, 5) is 0. The van der Waals surface area contributed by atoms with Crippen LogP contribution in [-0.4, -0.2) is 30.2 Å². The van der Waals surface area contributed by atoms with E-state index in [9.17, 15) is 0 Å². The van der Waals surface area contributed by atoms with Gasteiger partial charge in [-0.25, -0.2) is 5.01 Å². The molecule has 2 heteroatoms. The largest absolute Gasteiger partial charge is 0.313 e. The van der Waals surface area contributed by atoms with Gasteiger partial charge in [0.25, 0.3) is 0 Å². The van der Waals surface area contributed by atoms with Gasteiger partial charge in [0.15, 0.2) is 0 Å². The molecule has 13 heavy (non-hydrogen) atoms. The van der Waals surface area contributed by atoms with Crippen LogP contribution < -0.4 is 0 Å². The molecule has 80 valence electrons. The third kappa shape index (κ3) is 4.32. The Labute approximate surface area is 84.2 Å². The topological polar surface area (TPSA) is 6.48 Å². The summed E-state index contributed by atoms with van der Waals surface area (Å²) in [7, 11) is 4.17. The minimum absolute atomic E-state index is 0.565. The van der Waals surface area contributed by atoms with Crippen LogP contribution in [0.25, 0.3) is 0 Å². The molecule has 2 nitrogen and oxygen atoms in total. The molecule has 0 fully saturated rings. The van der Waals surface area contributed by atoms with Crippen LogP contribution >= 0.6 is 0 Å². The lowest BCUT2D eigenvalue weighted by atomic mass is 10.3. The van der Waals surface area contributed by atoms with Gasteiger partial charge in [-0.1, -0.05) is 27.7 Å². The summed E-state index contributed by atoms with van der Waals surface area (Å²) in [5.41, 5.74) is 1.34. The fraction of sp³-hybridized carbons (Fsp3) is 0.818. The van der Waals surface area contributed by atoms with Gasteiger partial charge in [0, 0.05) is 25.8 Å². The molecule has 0 N–H and O–H groups in total. The predicted molar refractivity (Wildman–Crippen MR) is 61.4 cm³/mol. The molecule has 0 amide bonds. The number of hydrogen-bond donors (Lipinski definition) is 0. The van der Waals surface area contributed by atoms with E-state index in [2.05, 4.69) is 44.0 Å². The van der Waals surface area contributed by atoms with E-state index >= 15 is 0 Å². The number of hydrazine groups is 1. The molecule has 1 atom stereocenters. The molecule has 0 aromatic carbocycles. The quantitative estimate of drug-likeness (QED) is 0.573. The van der Waals surface area contributed by atoms with Crippen LogP contribution in [0.5, 0.6) is 0 Å². The number of rotatable bonds is 0. The van der Waals surface area contributed by atoms with E-state index in [1.807, 2.05) is 27.7 Å². The van der Waals surface area contributed by atoms with Crippen molar-refractivity contribution in [2.45, 2.75) is 47.6 Å². The van der Waals surface area contributed by atoms with Gasteiger partial charge in [-0.15, -0.1) is 0 Å². The molecule has 0 radical (unpaired) electrons. The maximum Gasteiger partial charge on any atom is 0.0461 e. The van der Waals surface area contributed by atoms with Crippen molar-refractivity contribution in [2.75, 3.05) is 14.1 Å². The Hall–Kier alpha value is -0.500. The van der Waals surface area contributed by atoms with Crippen molar-refractivity contribution in [1.29, 1.82) is 0 Å². The van der Waals surface area contributed by atoms with Gasteiger partial charge in [0.05, 0.1) is 0 Å². The molecule has 0 saturated carbocycles. The monoisotopic (exact) mass is 186 g/mol. The Morgan fingerprint density at radius 3 is 1.54 bits per heavy atom. The van der Waals surface area contributed by atoms with E-state index in [4.69, 9.17) is 0 Å². The van der Waals surface area contributed by atoms with Crippen molar-refractivity contribution in [2.24, 2.45) is 0 Å². The summed E-state index contributed by atoms with van der Waals surface area (Å²) in [5.74, 6) is 0. The van der Waals surface area contributed by atoms with Crippen LogP contribution in [0.1, 0.15) is 41.5 Å². The molecular formula is C11H26N2. The Bertz CT molecular complexity index is 141. The highest BCUT2D eigenvalue weighted by atomic mass is 15.6. The minimum atomic E-state index is 0.565. The van der Waals surface area contributed by atoms with Crippen LogP contribution in [0, 0.1) is 0 Å².